The Morgan fingerprint density at radius 3 is 2.93 bits per heavy atom. The van der Waals surface area contributed by atoms with Crippen LogP contribution >= 0.6 is 0 Å². The van der Waals surface area contributed by atoms with E-state index in [0.29, 0.717) is 24.5 Å². The van der Waals surface area contributed by atoms with Gasteiger partial charge in [-0.05, 0) is 30.5 Å². The number of anilines is 2. The number of carbonyl (C=O) groups is 1. The Kier molecular flexibility index (Phi) is 4.06. The van der Waals surface area contributed by atoms with Gasteiger partial charge in [-0.3, -0.25) is 19.1 Å². The lowest BCUT2D eigenvalue weighted by molar-refractivity contribution is -0.118. The number of nitrogens with two attached hydrogens (primary N) is 1. The van der Waals surface area contributed by atoms with E-state index in [4.69, 9.17) is 5.73 Å². The molecule has 1 aliphatic rings. The summed E-state index contributed by atoms with van der Waals surface area (Å²) >= 11 is 0. The van der Waals surface area contributed by atoms with Crippen molar-refractivity contribution in [1.29, 1.82) is 0 Å². The summed E-state index contributed by atoms with van der Waals surface area (Å²) in [5.74, 6) is 0.472. The van der Waals surface area contributed by atoms with E-state index in [-0.39, 0.29) is 23.5 Å². The third-order valence-electron chi connectivity index (χ3n) is 4.97. The van der Waals surface area contributed by atoms with E-state index in [0.717, 1.165) is 24.1 Å². The van der Waals surface area contributed by atoms with Crippen LogP contribution in [0.25, 0.3) is 11.2 Å². The molecule has 0 aliphatic carbocycles. The topological polar surface area (TPSA) is 130 Å². The fourth-order valence-corrected chi connectivity index (χ4v) is 3.54. The molecule has 27 heavy (non-hydrogen) atoms. The zero-order chi connectivity index (χ0) is 19.1. The van der Waals surface area contributed by atoms with Gasteiger partial charge >= 0.3 is 5.69 Å². The van der Waals surface area contributed by atoms with Crippen LogP contribution in [-0.2, 0) is 24.7 Å². The third-order valence-corrected chi connectivity index (χ3v) is 4.97. The van der Waals surface area contributed by atoms with Gasteiger partial charge in [0, 0.05) is 37.8 Å². The number of rotatable bonds is 3. The van der Waals surface area contributed by atoms with E-state index in [9.17, 15) is 14.4 Å². The van der Waals surface area contributed by atoms with Crippen molar-refractivity contribution in [3.8, 4) is 0 Å². The molecule has 4 rings (SSSR count). The highest BCUT2D eigenvalue weighted by atomic mass is 16.2. The molecule has 140 valence electrons. The number of nitrogens with one attached hydrogen (secondary N) is 2. The first-order valence-electron chi connectivity index (χ1n) is 8.81. The zero-order valence-corrected chi connectivity index (χ0v) is 14.9. The summed E-state index contributed by atoms with van der Waals surface area (Å²) in [7, 11) is 1.53. The van der Waals surface area contributed by atoms with E-state index >= 15 is 0 Å². The summed E-state index contributed by atoms with van der Waals surface area (Å²) in [6.07, 6.45) is 2.32. The molecule has 0 saturated carbocycles. The Bertz CT molecular complexity index is 1160. The maximum Gasteiger partial charge on any atom is 0.329 e. The third kappa shape index (κ3) is 2.90. The molecule has 2 aromatic heterocycles. The predicted molar refractivity (Wildman–Crippen MR) is 102 cm³/mol. The average molecular weight is 368 g/mol. The summed E-state index contributed by atoms with van der Waals surface area (Å²) in [5.41, 5.74) is 8.11. The Hall–Kier alpha value is -3.36. The highest BCUT2D eigenvalue weighted by Crippen LogP contribution is 2.31. The van der Waals surface area contributed by atoms with Crippen molar-refractivity contribution < 1.29 is 4.79 Å². The molecule has 3 aromatic rings. The van der Waals surface area contributed by atoms with Crippen LogP contribution in [0.1, 0.15) is 24.2 Å². The summed E-state index contributed by atoms with van der Waals surface area (Å²) in [5, 5.41) is 0. The molecule has 1 aromatic carbocycles. The monoisotopic (exact) mass is 368 g/mol. The minimum atomic E-state index is -0.524. The number of nitrogens with zero attached hydrogens (tertiary/aromatic N) is 3. The van der Waals surface area contributed by atoms with Gasteiger partial charge in [0.1, 0.15) is 11.3 Å². The normalized spacial score (nSPS) is 13.7. The highest BCUT2D eigenvalue weighted by Gasteiger charge is 2.23. The van der Waals surface area contributed by atoms with Crippen molar-refractivity contribution in [3.05, 3.63) is 50.4 Å². The van der Waals surface area contributed by atoms with Crippen LogP contribution in [0.15, 0.2) is 27.8 Å². The van der Waals surface area contributed by atoms with E-state index < -0.39 is 11.2 Å². The Balaban J connectivity index is 1.56. The zero-order valence-electron chi connectivity index (χ0n) is 14.9. The number of benzene rings is 1. The van der Waals surface area contributed by atoms with Crippen LogP contribution in [-0.4, -0.2) is 32.0 Å². The van der Waals surface area contributed by atoms with Crippen molar-refractivity contribution in [2.45, 2.75) is 25.7 Å². The summed E-state index contributed by atoms with van der Waals surface area (Å²) in [4.78, 5) is 47.5. The van der Waals surface area contributed by atoms with Crippen LogP contribution < -0.4 is 21.9 Å². The van der Waals surface area contributed by atoms with Gasteiger partial charge in [0.05, 0.1) is 0 Å². The fourth-order valence-electron chi connectivity index (χ4n) is 3.54. The van der Waals surface area contributed by atoms with Gasteiger partial charge < -0.3 is 15.6 Å². The molecule has 0 radical (unpaired) electrons. The van der Waals surface area contributed by atoms with Gasteiger partial charge in [0.25, 0.3) is 5.56 Å². The Morgan fingerprint density at radius 2 is 2.11 bits per heavy atom. The summed E-state index contributed by atoms with van der Waals surface area (Å²) < 4.78 is 1.27. The predicted octanol–water partition coefficient (Wildman–Crippen LogP) is 0.444. The van der Waals surface area contributed by atoms with Crippen molar-refractivity contribution in [2.24, 2.45) is 7.05 Å². The van der Waals surface area contributed by atoms with Crippen molar-refractivity contribution in [3.63, 3.8) is 0 Å². The number of aryl methyl sites for hydroxylation is 2. The smallest absolute Gasteiger partial charge is 0.329 e. The van der Waals surface area contributed by atoms with Crippen LogP contribution in [0.4, 0.5) is 11.4 Å². The molecule has 3 heterocycles. The van der Waals surface area contributed by atoms with Crippen LogP contribution in [0.2, 0.25) is 0 Å². The minimum absolute atomic E-state index is 0.0233. The Morgan fingerprint density at radius 1 is 1.30 bits per heavy atom. The molecule has 1 amide bonds. The van der Waals surface area contributed by atoms with Gasteiger partial charge in [-0.15, -0.1) is 0 Å². The lowest BCUT2D eigenvalue weighted by Gasteiger charge is -2.30. The van der Waals surface area contributed by atoms with Gasteiger partial charge in [0.15, 0.2) is 5.65 Å². The average Bonchev–Trinajstić information content (AvgIpc) is 3.09. The van der Waals surface area contributed by atoms with Crippen molar-refractivity contribution in [1.82, 2.24) is 19.5 Å². The fraction of sp³-hybridized carbons (Fsp3) is 0.333. The van der Waals surface area contributed by atoms with E-state index in [1.807, 2.05) is 18.2 Å². The maximum absolute atomic E-state index is 12.8. The number of imidazole rings is 1. The summed E-state index contributed by atoms with van der Waals surface area (Å²) in [6, 6.07) is 5.62. The molecule has 4 N–H and O–H groups in total. The number of carbonyl (C=O) groups excluding carboxylic acids is 1. The first-order chi connectivity index (χ1) is 13.0. The molecule has 0 bridgehead atoms. The molecule has 0 saturated heterocycles. The van der Waals surface area contributed by atoms with Crippen LogP contribution in [0, 0.1) is 0 Å². The number of aromatic nitrogens is 4. The van der Waals surface area contributed by atoms with E-state index in [1.54, 1.807) is 4.90 Å². The molecule has 1 aliphatic heterocycles. The maximum atomic E-state index is 12.8. The number of hydrogen-bond acceptors (Lipinski definition) is 5. The first kappa shape index (κ1) is 17.1. The SMILES string of the molecule is Cn1c(=O)[nH]c(=O)c2[nH]c(CCC(=O)N3CCCc4c(N)cccc43)nc21. The van der Waals surface area contributed by atoms with Crippen LogP contribution in [0.3, 0.4) is 0 Å². The van der Waals surface area contributed by atoms with Crippen molar-refractivity contribution >= 4 is 28.4 Å². The lowest BCUT2D eigenvalue weighted by atomic mass is 9.99. The molecule has 0 fully saturated rings. The largest absolute Gasteiger partial charge is 0.398 e. The minimum Gasteiger partial charge on any atom is -0.398 e. The highest BCUT2D eigenvalue weighted by molar-refractivity contribution is 5.95. The molecule has 0 atom stereocenters. The Labute approximate surface area is 153 Å². The van der Waals surface area contributed by atoms with Crippen molar-refractivity contribution in [2.75, 3.05) is 17.2 Å². The number of fused-ring (bicyclic) bond motifs is 2. The number of amides is 1. The van der Waals surface area contributed by atoms with E-state index in [2.05, 4.69) is 15.0 Å². The number of nitrogen functional groups attached to an aromatic ring is 1. The second kappa shape index (κ2) is 6.42. The van der Waals surface area contributed by atoms with Crippen LogP contribution in [0.5, 0.6) is 0 Å². The summed E-state index contributed by atoms with van der Waals surface area (Å²) in [6.45, 7) is 0.656. The molecule has 0 spiro atoms. The molecular formula is C18H20N6O3. The number of hydrogen-bond donors (Lipinski definition) is 3. The van der Waals surface area contributed by atoms with Gasteiger partial charge in [0.2, 0.25) is 5.91 Å². The molecule has 9 nitrogen and oxygen atoms in total. The quantitative estimate of drug-likeness (QED) is 0.578. The molecule has 0 unspecified atom stereocenters. The van der Waals surface area contributed by atoms with E-state index in [1.165, 1.54) is 11.6 Å². The lowest BCUT2D eigenvalue weighted by Crippen LogP contribution is -2.35. The first-order valence-corrected chi connectivity index (χ1v) is 8.81. The van der Waals surface area contributed by atoms with Gasteiger partial charge in [-0.2, -0.15) is 0 Å². The standard InChI is InChI=1S/C18H20N6O3/c1-23-16-15(17(26)22-18(23)27)20-13(21-16)7-8-14(25)24-9-3-4-10-11(19)5-2-6-12(10)24/h2,5-6H,3-4,7-9,19H2,1H3,(H,20,21)(H,22,26,27). The van der Waals surface area contributed by atoms with Gasteiger partial charge in [-0.1, -0.05) is 6.07 Å². The second-order valence-corrected chi connectivity index (χ2v) is 6.69. The number of H-pyrrole nitrogens is 2. The van der Waals surface area contributed by atoms with Gasteiger partial charge in [-0.25, -0.2) is 9.78 Å². The molecule has 9 heteroatoms. The number of aromatic amines is 2. The molecular weight excluding hydrogens is 348 g/mol. The second-order valence-electron chi connectivity index (χ2n) is 6.69.